The van der Waals surface area contributed by atoms with Crippen molar-refractivity contribution in [2.45, 2.75) is 11.8 Å². The van der Waals surface area contributed by atoms with Crippen LogP contribution in [-0.2, 0) is 10.2 Å². The van der Waals surface area contributed by atoms with E-state index in [1.165, 1.54) is 16.7 Å². The van der Waals surface area contributed by atoms with E-state index in [0.29, 0.717) is 0 Å². The van der Waals surface area contributed by atoms with Crippen LogP contribution < -0.4 is 0 Å². The first-order chi connectivity index (χ1) is 9.34. The van der Waals surface area contributed by atoms with Crippen molar-refractivity contribution in [1.29, 1.82) is 0 Å². The molecule has 0 radical (unpaired) electrons. The Bertz CT molecular complexity index is 527. The number of hydrogen-bond acceptors (Lipinski definition) is 2. The molecule has 1 N–H and O–H groups in total. The van der Waals surface area contributed by atoms with E-state index in [4.69, 9.17) is 4.74 Å². The second-order valence-electron chi connectivity index (χ2n) is 5.19. The van der Waals surface area contributed by atoms with Crippen molar-refractivity contribution in [3.8, 4) is 11.1 Å². The average Bonchev–Trinajstić information content (AvgIpc) is 2.44. The highest BCUT2D eigenvalue weighted by molar-refractivity contribution is 5.63. The van der Waals surface area contributed by atoms with E-state index < -0.39 is 0 Å². The normalized spacial score (nSPS) is 16.9. The van der Waals surface area contributed by atoms with Crippen molar-refractivity contribution >= 4 is 0 Å². The van der Waals surface area contributed by atoms with Gasteiger partial charge in [0.2, 0.25) is 0 Å². The monoisotopic (exact) mass is 254 g/mol. The SMILES string of the molecule is OCCC1(c2ccc(-c3ccccc3)cc2)COC1. The molecule has 0 atom stereocenters. The zero-order valence-corrected chi connectivity index (χ0v) is 10.9. The second kappa shape index (κ2) is 5.16. The highest BCUT2D eigenvalue weighted by Crippen LogP contribution is 2.36. The molecular weight excluding hydrogens is 236 g/mol. The minimum atomic E-state index is 0.0317. The molecule has 2 heteroatoms. The summed E-state index contributed by atoms with van der Waals surface area (Å²) in [4.78, 5) is 0. The van der Waals surface area contributed by atoms with Gasteiger partial charge in [-0.3, -0.25) is 0 Å². The van der Waals surface area contributed by atoms with E-state index in [0.717, 1.165) is 19.6 Å². The summed E-state index contributed by atoms with van der Waals surface area (Å²) in [6, 6.07) is 19.0. The summed E-state index contributed by atoms with van der Waals surface area (Å²) in [6.07, 6.45) is 0.775. The number of hydrogen-bond donors (Lipinski definition) is 1. The second-order valence-corrected chi connectivity index (χ2v) is 5.19. The number of aliphatic hydroxyl groups is 1. The standard InChI is InChI=1S/C17H18O2/c18-11-10-17(12-19-13-17)16-8-6-15(7-9-16)14-4-2-1-3-5-14/h1-9,18H,10-13H2. The molecule has 0 unspecified atom stereocenters. The molecule has 1 aliphatic heterocycles. The Kier molecular flexibility index (Phi) is 3.36. The van der Waals surface area contributed by atoms with Crippen LogP contribution in [-0.4, -0.2) is 24.9 Å². The van der Waals surface area contributed by atoms with Crippen LogP contribution >= 0.6 is 0 Å². The van der Waals surface area contributed by atoms with Crippen LogP contribution in [0.3, 0.4) is 0 Å². The molecule has 19 heavy (non-hydrogen) atoms. The van der Waals surface area contributed by atoms with E-state index in [1.54, 1.807) is 0 Å². The number of ether oxygens (including phenoxy) is 1. The van der Waals surface area contributed by atoms with E-state index in [2.05, 4.69) is 48.5 Å². The smallest absolute Gasteiger partial charge is 0.0586 e. The maximum absolute atomic E-state index is 9.21. The summed E-state index contributed by atoms with van der Waals surface area (Å²) >= 11 is 0. The molecule has 0 saturated carbocycles. The first kappa shape index (κ1) is 12.4. The Morgan fingerprint density at radius 1 is 0.895 bits per heavy atom. The molecule has 1 fully saturated rings. The van der Waals surface area contributed by atoms with E-state index >= 15 is 0 Å². The van der Waals surface area contributed by atoms with Crippen molar-refractivity contribution in [3.05, 3.63) is 60.2 Å². The molecule has 3 rings (SSSR count). The largest absolute Gasteiger partial charge is 0.396 e. The van der Waals surface area contributed by atoms with Gasteiger partial charge in [0.15, 0.2) is 0 Å². The number of benzene rings is 2. The first-order valence-corrected chi connectivity index (χ1v) is 6.69. The molecule has 0 bridgehead atoms. The summed E-state index contributed by atoms with van der Waals surface area (Å²) in [7, 11) is 0. The topological polar surface area (TPSA) is 29.5 Å². The fourth-order valence-corrected chi connectivity index (χ4v) is 2.66. The third-order valence-corrected chi connectivity index (χ3v) is 3.95. The first-order valence-electron chi connectivity index (χ1n) is 6.69. The molecule has 2 aromatic carbocycles. The third-order valence-electron chi connectivity index (χ3n) is 3.95. The van der Waals surface area contributed by atoms with Crippen LogP contribution in [0.1, 0.15) is 12.0 Å². The Morgan fingerprint density at radius 2 is 1.53 bits per heavy atom. The predicted octanol–water partition coefficient (Wildman–Crippen LogP) is 3.00. The Balaban J connectivity index is 1.87. The molecular formula is C17H18O2. The van der Waals surface area contributed by atoms with E-state index in [1.807, 2.05) is 6.07 Å². The van der Waals surface area contributed by atoms with Gasteiger partial charge in [-0.2, -0.15) is 0 Å². The fraction of sp³-hybridized carbons (Fsp3) is 0.294. The van der Waals surface area contributed by atoms with Gasteiger partial charge in [0.1, 0.15) is 0 Å². The highest BCUT2D eigenvalue weighted by atomic mass is 16.5. The summed E-state index contributed by atoms with van der Waals surface area (Å²) in [5, 5.41) is 9.21. The maximum atomic E-state index is 9.21. The van der Waals surface area contributed by atoms with Gasteiger partial charge in [-0.05, 0) is 23.1 Å². The highest BCUT2D eigenvalue weighted by Gasteiger charge is 2.39. The lowest BCUT2D eigenvalue weighted by Gasteiger charge is -2.41. The van der Waals surface area contributed by atoms with Gasteiger partial charge in [-0.15, -0.1) is 0 Å². The van der Waals surface area contributed by atoms with Gasteiger partial charge in [0, 0.05) is 12.0 Å². The molecule has 2 nitrogen and oxygen atoms in total. The van der Waals surface area contributed by atoms with Crippen molar-refractivity contribution in [3.63, 3.8) is 0 Å². The maximum Gasteiger partial charge on any atom is 0.0586 e. The Morgan fingerprint density at radius 3 is 2.05 bits per heavy atom. The minimum absolute atomic E-state index is 0.0317. The summed E-state index contributed by atoms with van der Waals surface area (Å²) in [6.45, 7) is 1.65. The van der Waals surface area contributed by atoms with Gasteiger partial charge in [0.25, 0.3) is 0 Å². The molecule has 0 amide bonds. The average molecular weight is 254 g/mol. The lowest BCUT2D eigenvalue weighted by molar-refractivity contribution is -0.0700. The van der Waals surface area contributed by atoms with Crippen molar-refractivity contribution in [2.75, 3.05) is 19.8 Å². The quantitative estimate of drug-likeness (QED) is 0.909. The summed E-state index contributed by atoms with van der Waals surface area (Å²) < 4.78 is 5.35. The Hall–Kier alpha value is -1.64. The summed E-state index contributed by atoms with van der Waals surface area (Å²) in [5.41, 5.74) is 3.76. The van der Waals surface area contributed by atoms with Crippen LogP contribution in [0.4, 0.5) is 0 Å². The van der Waals surface area contributed by atoms with Crippen LogP contribution in [0.5, 0.6) is 0 Å². The predicted molar refractivity (Wildman–Crippen MR) is 76.1 cm³/mol. The zero-order valence-electron chi connectivity index (χ0n) is 10.9. The van der Waals surface area contributed by atoms with Gasteiger partial charge in [-0.25, -0.2) is 0 Å². The lowest BCUT2D eigenvalue weighted by atomic mass is 9.76. The van der Waals surface area contributed by atoms with E-state index in [9.17, 15) is 5.11 Å². The van der Waals surface area contributed by atoms with Crippen molar-refractivity contribution in [1.82, 2.24) is 0 Å². The van der Waals surface area contributed by atoms with Crippen molar-refractivity contribution < 1.29 is 9.84 Å². The molecule has 2 aromatic rings. The van der Waals surface area contributed by atoms with Crippen LogP contribution in [0.2, 0.25) is 0 Å². The number of rotatable bonds is 4. The van der Waals surface area contributed by atoms with Gasteiger partial charge < -0.3 is 9.84 Å². The molecule has 0 aliphatic carbocycles. The minimum Gasteiger partial charge on any atom is -0.396 e. The van der Waals surface area contributed by atoms with E-state index in [-0.39, 0.29) is 12.0 Å². The molecule has 98 valence electrons. The van der Waals surface area contributed by atoms with Gasteiger partial charge in [0.05, 0.1) is 13.2 Å². The zero-order chi connectivity index (χ0) is 13.1. The fourth-order valence-electron chi connectivity index (χ4n) is 2.66. The molecule has 1 saturated heterocycles. The molecule has 1 heterocycles. The molecule has 0 spiro atoms. The van der Waals surface area contributed by atoms with Crippen molar-refractivity contribution in [2.24, 2.45) is 0 Å². The van der Waals surface area contributed by atoms with Gasteiger partial charge >= 0.3 is 0 Å². The lowest BCUT2D eigenvalue weighted by Crippen LogP contribution is -2.47. The third kappa shape index (κ3) is 2.29. The molecule has 0 aromatic heterocycles. The molecule has 1 aliphatic rings. The Labute approximate surface area is 113 Å². The van der Waals surface area contributed by atoms with Gasteiger partial charge in [-0.1, -0.05) is 54.6 Å². The van der Waals surface area contributed by atoms with Crippen LogP contribution in [0.15, 0.2) is 54.6 Å². The summed E-state index contributed by atoms with van der Waals surface area (Å²) in [5.74, 6) is 0. The number of aliphatic hydroxyl groups excluding tert-OH is 1. The van der Waals surface area contributed by atoms with Crippen LogP contribution in [0.25, 0.3) is 11.1 Å². The van der Waals surface area contributed by atoms with Crippen LogP contribution in [0, 0.1) is 0 Å².